The van der Waals surface area contributed by atoms with Gasteiger partial charge in [0.25, 0.3) is 5.56 Å². The van der Waals surface area contributed by atoms with Crippen molar-refractivity contribution in [3.8, 4) is 23.0 Å². The van der Waals surface area contributed by atoms with E-state index in [0.717, 1.165) is 0 Å². The largest absolute Gasteiger partial charge is 0.497 e. The van der Waals surface area contributed by atoms with E-state index in [9.17, 15) is 9.59 Å². The van der Waals surface area contributed by atoms with Gasteiger partial charge in [0.05, 0.1) is 50.3 Å². The molecule has 198 valence electrons. The van der Waals surface area contributed by atoms with Crippen molar-refractivity contribution in [1.82, 2.24) is 4.57 Å². The molecule has 9 nitrogen and oxygen atoms in total. The molecule has 0 N–H and O–H groups in total. The van der Waals surface area contributed by atoms with E-state index in [1.807, 2.05) is 12.1 Å². The molecule has 0 radical (unpaired) electrons. The molecule has 0 bridgehead atoms. The van der Waals surface area contributed by atoms with Crippen LogP contribution < -0.4 is 33.8 Å². The lowest BCUT2D eigenvalue weighted by atomic mass is 9.96. The fraction of sp³-hybridized carbons (Fsp3) is 0.250. The molecule has 4 rings (SSSR count). The van der Waals surface area contributed by atoms with Crippen LogP contribution in [-0.4, -0.2) is 45.6 Å². The van der Waals surface area contributed by atoms with Crippen LogP contribution in [-0.2, 0) is 9.53 Å². The number of rotatable bonds is 9. The first kappa shape index (κ1) is 26.7. The number of thiazole rings is 1. The number of allylic oxidation sites excluding steroid dienone is 1. The topological polar surface area (TPSA) is 97.6 Å². The third-order valence-corrected chi connectivity index (χ3v) is 6.97. The Bertz CT molecular complexity index is 1560. The van der Waals surface area contributed by atoms with Crippen LogP contribution in [0.4, 0.5) is 0 Å². The summed E-state index contributed by atoms with van der Waals surface area (Å²) in [5.41, 5.74) is 1.84. The lowest BCUT2D eigenvalue weighted by Gasteiger charge is -2.24. The lowest BCUT2D eigenvalue weighted by molar-refractivity contribution is -0.138. The van der Waals surface area contributed by atoms with Crippen LogP contribution in [0.15, 0.2) is 70.1 Å². The van der Waals surface area contributed by atoms with Crippen LogP contribution >= 0.6 is 11.3 Å². The molecule has 1 atom stereocenters. The van der Waals surface area contributed by atoms with Crippen molar-refractivity contribution in [3.63, 3.8) is 0 Å². The summed E-state index contributed by atoms with van der Waals surface area (Å²) in [6, 6.07) is 9.97. The summed E-state index contributed by atoms with van der Waals surface area (Å²) < 4.78 is 28.9. The molecule has 0 amide bonds. The van der Waals surface area contributed by atoms with Gasteiger partial charge in [-0.2, -0.15) is 0 Å². The number of hydrogen-bond donors (Lipinski definition) is 0. The zero-order valence-corrected chi connectivity index (χ0v) is 22.6. The maximum atomic E-state index is 13.8. The number of carbonyl (C=O) groups excluding carboxylic acids is 1. The summed E-state index contributed by atoms with van der Waals surface area (Å²) in [4.78, 5) is 32.0. The summed E-state index contributed by atoms with van der Waals surface area (Å²) >= 11 is 1.22. The van der Waals surface area contributed by atoms with Gasteiger partial charge in [0, 0.05) is 0 Å². The Balaban J connectivity index is 1.93. The number of benzene rings is 2. The summed E-state index contributed by atoms with van der Waals surface area (Å²) in [7, 11) is 6.15. The summed E-state index contributed by atoms with van der Waals surface area (Å²) in [5.74, 6) is 1.47. The third-order valence-electron chi connectivity index (χ3n) is 5.99. The summed E-state index contributed by atoms with van der Waals surface area (Å²) in [5, 5.41) is 0. The van der Waals surface area contributed by atoms with Crippen LogP contribution in [0.1, 0.15) is 24.1 Å². The molecule has 0 spiro atoms. The molecule has 0 fully saturated rings. The van der Waals surface area contributed by atoms with Crippen molar-refractivity contribution in [2.24, 2.45) is 4.99 Å². The highest BCUT2D eigenvalue weighted by atomic mass is 32.1. The maximum Gasteiger partial charge on any atom is 0.338 e. The molecular formula is C28H28N2O7S. The van der Waals surface area contributed by atoms with E-state index in [1.54, 1.807) is 44.4 Å². The maximum absolute atomic E-state index is 13.8. The first-order valence-corrected chi connectivity index (χ1v) is 12.4. The number of ether oxygens (including phenoxy) is 5. The van der Waals surface area contributed by atoms with Gasteiger partial charge < -0.3 is 23.7 Å². The Morgan fingerprint density at radius 1 is 1.05 bits per heavy atom. The Hall–Kier alpha value is -4.31. The number of nitrogens with zero attached hydrogens (tertiary/aromatic N) is 2. The number of hydrogen-bond acceptors (Lipinski definition) is 9. The molecule has 2 aromatic carbocycles. The number of fused-ring (bicyclic) bond motifs is 1. The second-order valence-electron chi connectivity index (χ2n) is 8.20. The quantitative estimate of drug-likeness (QED) is 0.306. The number of aromatic nitrogens is 1. The molecule has 38 heavy (non-hydrogen) atoms. The molecule has 10 heteroatoms. The Labute approximate surface area is 223 Å². The smallest absolute Gasteiger partial charge is 0.338 e. The van der Waals surface area contributed by atoms with E-state index in [-0.39, 0.29) is 17.7 Å². The molecule has 0 saturated carbocycles. The van der Waals surface area contributed by atoms with Crippen molar-refractivity contribution in [2.45, 2.75) is 13.0 Å². The van der Waals surface area contributed by atoms with Gasteiger partial charge in [0.15, 0.2) is 16.3 Å². The molecule has 1 aromatic heterocycles. The number of methoxy groups -OCH3 is 4. The molecule has 0 aliphatic carbocycles. The predicted molar refractivity (Wildman–Crippen MR) is 144 cm³/mol. The monoisotopic (exact) mass is 536 g/mol. The zero-order valence-electron chi connectivity index (χ0n) is 21.8. The van der Waals surface area contributed by atoms with Crippen molar-refractivity contribution >= 4 is 23.4 Å². The fourth-order valence-electron chi connectivity index (χ4n) is 4.23. The lowest BCUT2D eigenvalue weighted by Crippen LogP contribution is -2.39. The van der Waals surface area contributed by atoms with E-state index < -0.39 is 12.0 Å². The van der Waals surface area contributed by atoms with Crippen LogP contribution in [0.25, 0.3) is 6.08 Å². The van der Waals surface area contributed by atoms with Gasteiger partial charge in [0.1, 0.15) is 12.4 Å². The summed E-state index contributed by atoms with van der Waals surface area (Å²) in [6.45, 7) is 5.38. The first-order valence-electron chi connectivity index (χ1n) is 11.6. The molecular weight excluding hydrogens is 508 g/mol. The average Bonchev–Trinajstić information content (AvgIpc) is 3.24. The average molecular weight is 537 g/mol. The highest BCUT2D eigenvalue weighted by Gasteiger charge is 2.33. The van der Waals surface area contributed by atoms with E-state index in [2.05, 4.69) is 11.6 Å². The fourth-order valence-corrected chi connectivity index (χ4v) is 5.28. The molecule has 1 aliphatic heterocycles. The van der Waals surface area contributed by atoms with Gasteiger partial charge >= 0.3 is 5.97 Å². The van der Waals surface area contributed by atoms with Gasteiger partial charge in [-0.25, -0.2) is 9.79 Å². The predicted octanol–water partition coefficient (Wildman–Crippen LogP) is 3.00. The molecule has 2 heterocycles. The molecule has 3 aromatic rings. The SMILES string of the molecule is C=CCOC(=O)C1=C(C)N=c2sc(=Cc3cc(OC)c(OC)c(OC)c3)c(=O)n2C1c1ccc(OC)cc1. The Morgan fingerprint density at radius 3 is 2.26 bits per heavy atom. The Kier molecular flexibility index (Phi) is 8.02. The summed E-state index contributed by atoms with van der Waals surface area (Å²) in [6.07, 6.45) is 3.22. The zero-order chi connectivity index (χ0) is 27.4. The van der Waals surface area contributed by atoms with Gasteiger partial charge in [-0.1, -0.05) is 36.1 Å². The minimum Gasteiger partial charge on any atom is -0.497 e. The van der Waals surface area contributed by atoms with E-state index >= 15 is 0 Å². The van der Waals surface area contributed by atoms with Gasteiger partial charge in [-0.15, -0.1) is 0 Å². The second kappa shape index (κ2) is 11.4. The Morgan fingerprint density at radius 2 is 1.71 bits per heavy atom. The van der Waals surface area contributed by atoms with Crippen molar-refractivity contribution in [1.29, 1.82) is 0 Å². The highest BCUT2D eigenvalue weighted by Crippen LogP contribution is 2.38. The van der Waals surface area contributed by atoms with Gasteiger partial charge in [-0.05, 0) is 48.4 Å². The van der Waals surface area contributed by atoms with Crippen LogP contribution in [0.3, 0.4) is 0 Å². The minimum absolute atomic E-state index is 0.0382. The highest BCUT2D eigenvalue weighted by molar-refractivity contribution is 7.07. The van der Waals surface area contributed by atoms with Crippen molar-refractivity contribution in [2.75, 3.05) is 35.0 Å². The van der Waals surface area contributed by atoms with Crippen LogP contribution in [0.2, 0.25) is 0 Å². The molecule has 1 aliphatic rings. The van der Waals surface area contributed by atoms with Crippen molar-refractivity contribution in [3.05, 3.63) is 91.1 Å². The van der Waals surface area contributed by atoms with Crippen LogP contribution in [0.5, 0.6) is 23.0 Å². The van der Waals surface area contributed by atoms with Crippen molar-refractivity contribution < 1.29 is 28.5 Å². The second-order valence-corrected chi connectivity index (χ2v) is 9.21. The van der Waals surface area contributed by atoms with E-state index in [4.69, 9.17) is 23.7 Å². The van der Waals surface area contributed by atoms with E-state index in [0.29, 0.717) is 49.2 Å². The van der Waals surface area contributed by atoms with Gasteiger partial charge in [-0.3, -0.25) is 9.36 Å². The first-order chi connectivity index (χ1) is 18.4. The van der Waals surface area contributed by atoms with E-state index in [1.165, 1.54) is 43.3 Å². The third kappa shape index (κ3) is 4.95. The molecule has 1 unspecified atom stereocenters. The number of esters is 1. The van der Waals surface area contributed by atoms with Gasteiger partial charge in [0.2, 0.25) is 5.75 Å². The van der Waals surface area contributed by atoms with Crippen LogP contribution in [0, 0.1) is 0 Å². The minimum atomic E-state index is -0.739. The normalized spacial score (nSPS) is 14.9. The molecule has 0 saturated heterocycles. The number of carbonyl (C=O) groups is 1. The standard InChI is InChI=1S/C28H28N2O7S/c1-7-12-37-27(32)23-16(2)29-28-30(24(23)18-8-10-19(33-3)11-9-18)26(31)22(38-28)15-17-13-20(34-4)25(36-6)21(14-17)35-5/h7-11,13-15,24H,1,12H2,2-6H3.